The first-order valence-corrected chi connectivity index (χ1v) is 5.10. The Morgan fingerprint density at radius 2 is 1.79 bits per heavy atom. The van der Waals surface area contributed by atoms with E-state index in [1.807, 2.05) is 11.8 Å². The third kappa shape index (κ3) is 2.34. The number of hydrogen-bond donors (Lipinski definition) is 1. The summed E-state index contributed by atoms with van der Waals surface area (Å²) >= 11 is 0. The molecule has 0 heterocycles. The normalized spacial score (nSPS) is 9.93. The molecule has 0 bridgehead atoms. The zero-order valence-corrected chi connectivity index (χ0v) is 9.17. The van der Waals surface area contributed by atoms with Crippen LogP contribution in [0.25, 0.3) is 0 Å². The molecule has 2 heteroatoms. The average Bonchev–Trinajstić information content (AvgIpc) is 2.21. The van der Waals surface area contributed by atoms with Crippen molar-refractivity contribution in [1.29, 1.82) is 5.41 Å². The third-order valence-corrected chi connectivity index (χ3v) is 2.32. The van der Waals surface area contributed by atoms with E-state index >= 15 is 0 Å². The molecule has 1 aromatic rings. The molecule has 0 saturated carbocycles. The number of anilines is 1. The van der Waals surface area contributed by atoms with Crippen LogP contribution in [0.4, 0.5) is 5.69 Å². The van der Waals surface area contributed by atoms with Crippen LogP contribution in [0, 0.1) is 12.3 Å². The largest absolute Gasteiger partial charge is 0.331 e. The highest BCUT2D eigenvalue weighted by molar-refractivity contribution is 5.95. The number of nitrogens with zero attached hydrogens (tertiary/aromatic N) is 1. The Morgan fingerprint density at radius 3 is 2.21 bits per heavy atom. The molecule has 0 saturated heterocycles. The van der Waals surface area contributed by atoms with E-state index in [1.165, 1.54) is 5.56 Å². The summed E-state index contributed by atoms with van der Waals surface area (Å²) in [5, 5.41) is 7.81. The summed E-state index contributed by atoms with van der Waals surface area (Å²) in [5.41, 5.74) is 2.37. The Labute approximate surface area is 86.1 Å². The van der Waals surface area contributed by atoms with Crippen molar-refractivity contribution in [3.8, 4) is 0 Å². The van der Waals surface area contributed by atoms with E-state index in [9.17, 15) is 0 Å². The Kier molecular flexibility index (Phi) is 3.69. The van der Waals surface area contributed by atoms with Crippen LogP contribution in [0.5, 0.6) is 0 Å². The first kappa shape index (κ1) is 10.8. The Balaban J connectivity index is 2.89. The SMILES string of the molecule is CCC(=N)N(CC)c1ccc(C)cc1. The fraction of sp³-hybridized carbons (Fsp3) is 0.417. The van der Waals surface area contributed by atoms with Gasteiger partial charge in [-0.15, -0.1) is 0 Å². The number of amidine groups is 1. The van der Waals surface area contributed by atoms with Gasteiger partial charge in [-0.1, -0.05) is 24.6 Å². The van der Waals surface area contributed by atoms with Crippen molar-refractivity contribution in [2.75, 3.05) is 11.4 Å². The van der Waals surface area contributed by atoms with Gasteiger partial charge in [0.1, 0.15) is 0 Å². The van der Waals surface area contributed by atoms with E-state index < -0.39 is 0 Å². The van der Waals surface area contributed by atoms with Gasteiger partial charge in [-0.25, -0.2) is 0 Å². The Hall–Kier alpha value is -1.31. The predicted octanol–water partition coefficient (Wildman–Crippen LogP) is 3.21. The van der Waals surface area contributed by atoms with Gasteiger partial charge in [-0.2, -0.15) is 0 Å². The van der Waals surface area contributed by atoms with Crippen molar-refractivity contribution in [2.24, 2.45) is 0 Å². The molecule has 14 heavy (non-hydrogen) atoms. The smallest absolute Gasteiger partial charge is 0.0999 e. The van der Waals surface area contributed by atoms with E-state index in [0.717, 1.165) is 18.7 Å². The molecule has 1 rings (SSSR count). The molecular formula is C12H18N2. The van der Waals surface area contributed by atoms with Crippen LogP contribution in [-0.4, -0.2) is 12.4 Å². The van der Waals surface area contributed by atoms with Crippen LogP contribution >= 0.6 is 0 Å². The molecule has 0 spiro atoms. The van der Waals surface area contributed by atoms with Gasteiger partial charge in [0.25, 0.3) is 0 Å². The van der Waals surface area contributed by atoms with Crippen LogP contribution < -0.4 is 4.90 Å². The van der Waals surface area contributed by atoms with Gasteiger partial charge in [0, 0.05) is 18.7 Å². The summed E-state index contributed by atoms with van der Waals surface area (Å²) in [4.78, 5) is 2.03. The van der Waals surface area contributed by atoms with Crippen molar-refractivity contribution in [3.05, 3.63) is 29.8 Å². The lowest BCUT2D eigenvalue weighted by atomic mass is 10.2. The monoisotopic (exact) mass is 190 g/mol. The maximum Gasteiger partial charge on any atom is 0.0999 e. The molecule has 0 aromatic heterocycles. The van der Waals surface area contributed by atoms with Gasteiger partial charge in [0.2, 0.25) is 0 Å². The first-order chi connectivity index (χ1) is 6.69. The van der Waals surface area contributed by atoms with Crippen LogP contribution in [0.15, 0.2) is 24.3 Å². The summed E-state index contributed by atoms with van der Waals surface area (Å²) in [5.74, 6) is 0.677. The van der Waals surface area contributed by atoms with E-state index in [2.05, 4.69) is 38.1 Å². The topological polar surface area (TPSA) is 27.1 Å². The van der Waals surface area contributed by atoms with Gasteiger partial charge >= 0.3 is 0 Å². The van der Waals surface area contributed by atoms with E-state index in [1.54, 1.807) is 0 Å². The quantitative estimate of drug-likeness (QED) is 0.575. The molecule has 0 aliphatic heterocycles. The molecule has 0 unspecified atom stereocenters. The number of hydrogen-bond acceptors (Lipinski definition) is 1. The number of rotatable bonds is 3. The van der Waals surface area contributed by atoms with Crippen molar-refractivity contribution < 1.29 is 0 Å². The van der Waals surface area contributed by atoms with Crippen molar-refractivity contribution in [1.82, 2.24) is 0 Å². The van der Waals surface area contributed by atoms with Gasteiger partial charge in [0.15, 0.2) is 0 Å². The van der Waals surface area contributed by atoms with E-state index in [-0.39, 0.29) is 0 Å². The molecule has 1 aromatic carbocycles. The van der Waals surface area contributed by atoms with Gasteiger partial charge in [0.05, 0.1) is 5.84 Å². The number of benzene rings is 1. The maximum atomic E-state index is 7.81. The maximum absolute atomic E-state index is 7.81. The Morgan fingerprint density at radius 1 is 1.21 bits per heavy atom. The average molecular weight is 190 g/mol. The summed E-state index contributed by atoms with van der Waals surface area (Å²) in [6, 6.07) is 8.31. The van der Waals surface area contributed by atoms with Crippen molar-refractivity contribution >= 4 is 11.5 Å². The molecule has 1 N–H and O–H groups in total. The van der Waals surface area contributed by atoms with Crippen LogP contribution in [0.2, 0.25) is 0 Å². The molecule has 0 amide bonds. The second-order valence-electron chi connectivity index (χ2n) is 3.38. The fourth-order valence-corrected chi connectivity index (χ4v) is 1.44. The third-order valence-electron chi connectivity index (χ3n) is 2.32. The highest BCUT2D eigenvalue weighted by atomic mass is 15.2. The number of nitrogens with one attached hydrogen (secondary N) is 1. The summed E-state index contributed by atoms with van der Waals surface area (Å²) in [7, 11) is 0. The van der Waals surface area contributed by atoms with Crippen LogP contribution in [-0.2, 0) is 0 Å². The minimum Gasteiger partial charge on any atom is -0.331 e. The van der Waals surface area contributed by atoms with Crippen molar-refractivity contribution in [3.63, 3.8) is 0 Å². The van der Waals surface area contributed by atoms with Crippen LogP contribution in [0.3, 0.4) is 0 Å². The predicted molar refractivity (Wildman–Crippen MR) is 62.2 cm³/mol. The van der Waals surface area contributed by atoms with Gasteiger partial charge in [-0.05, 0) is 26.0 Å². The first-order valence-electron chi connectivity index (χ1n) is 5.10. The standard InChI is InChI=1S/C12H18N2/c1-4-12(13)14(5-2)11-8-6-10(3)7-9-11/h6-9,13H,4-5H2,1-3H3. The highest BCUT2D eigenvalue weighted by Gasteiger charge is 2.07. The summed E-state index contributed by atoms with van der Waals surface area (Å²) in [6.45, 7) is 7.02. The molecular weight excluding hydrogens is 172 g/mol. The second-order valence-corrected chi connectivity index (χ2v) is 3.38. The van der Waals surface area contributed by atoms with Gasteiger partial charge in [-0.3, -0.25) is 5.41 Å². The second kappa shape index (κ2) is 4.80. The molecule has 0 atom stereocenters. The van der Waals surface area contributed by atoms with E-state index in [4.69, 9.17) is 5.41 Å². The molecule has 0 aliphatic rings. The lowest BCUT2D eigenvalue weighted by molar-refractivity contribution is 1.01. The van der Waals surface area contributed by atoms with E-state index in [0.29, 0.717) is 5.84 Å². The fourth-order valence-electron chi connectivity index (χ4n) is 1.44. The molecule has 0 fully saturated rings. The molecule has 0 radical (unpaired) electrons. The lowest BCUT2D eigenvalue weighted by Crippen LogP contribution is -2.29. The minimum absolute atomic E-state index is 0.677. The summed E-state index contributed by atoms with van der Waals surface area (Å²) in [6.07, 6.45) is 0.779. The zero-order chi connectivity index (χ0) is 10.6. The summed E-state index contributed by atoms with van der Waals surface area (Å²) < 4.78 is 0. The molecule has 76 valence electrons. The van der Waals surface area contributed by atoms with Crippen LogP contribution in [0.1, 0.15) is 25.8 Å². The molecule has 2 nitrogen and oxygen atoms in total. The minimum atomic E-state index is 0.677. The van der Waals surface area contributed by atoms with Crippen molar-refractivity contribution in [2.45, 2.75) is 27.2 Å². The van der Waals surface area contributed by atoms with Gasteiger partial charge < -0.3 is 4.90 Å². The Bertz CT molecular complexity index is 301. The zero-order valence-electron chi connectivity index (χ0n) is 9.17. The highest BCUT2D eigenvalue weighted by Crippen LogP contribution is 2.15. The lowest BCUT2D eigenvalue weighted by Gasteiger charge is -2.23. The number of aryl methyl sites for hydroxylation is 1. The molecule has 0 aliphatic carbocycles.